The van der Waals surface area contributed by atoms with Crippen LogP contribution >= 0.6 is 11.8 Å². The normalized spacial score (nSPS) is 17.1. The van der Waals surface area contributed by atoms with Crippen molar-refractivity contribution in [2.24, 2.45) is 11.7 Å². The lowest BCUT2D eigenvalue weighted by Gasteiger charge is -2.26. The molecule has 1 fully saturated rings. The third-order valence-electron chi connectivity index (χ3n) is 3.50. The van der Waals surface area contributed by atoms with E-state index in [-0.39, 0.29) is 5.82 Å². The Morgan fingerprint density at radius 1 is 1.39 bits per heavy atom. The molecule has 18 heavy (non-hydrogen) atoms. The minimum absolute atomic E-state index is 0.173. The van der Waals surface area contributed by atoms with Gasteiger partial charge in [0.25, 0.3) is 0 Å². The third-order valence-corrected chi connectivity index (χ3v) is 4.49. The van der Waals surface area contributed by atoms with Crippen LogP contribution in [0.1, 0.15) is 12.8 Å². The first-order valence-corrected chi connectivity index (χ1v) is 7.48. The Hall–Kier alpha value is -0.580. The van der Waals surface area contributed by atoms with E-state index >= 15 is 0 Å². The molecule has 1 atom stereocenters. The zero-order valence-electron chi connectivity index (χ0n) is 10.8. The smallest absolute Gasteiger partial charge is 0.123 e. The lowest BCUT2D eigenvalue weighted by molar-refractivity contribution is 0.236. The largest absolute Gasteiger partial charge is 0.329 e. The Morgan fingerprint density at radius 2 is 2.06 bits per heavy atom. The molecule has 0 aromatic heterocycles. The summed E-state index contributed by atoms with van der Waals surface area (Å²) in [5.74, 6) is 1.66. The maximum Gasteiger partial charge on any atom is 0.123 e. The summed E-state index contributed by atoms with van der Waals surface area (Å²) in [4.78, 5) is 3.49. The predicted octanol–water partition coefficient (Wildman–Crippen LogP) is 2.59. The lowest BCUT2D eigenvalue weighted by atomic mass is 10.1. The van der Waals surface area contributed by atoms with Gasteiger partial charge in [-0.1, -0.05) is 0 Å². The van der Waals surface area contributed by atoms with Gasteiger partial charge in [-0.2, -0.15) is 0 Å². The van der Waals surface area contributed by atoms with E-state index in [4.69, 9.17) is 5.73 Å². The molecule has 0 radical (unpaired) electrons. The second kappa shape index (κ2) is 6.55. The standard InChI is InChI=1S/C14H21FN2S/c1-17(14(10-16)11-2-3-11)8-9-18-13-6-4-12(15)5-7-13/h4-7,11,14H,2-3,8-10,16H2,1H3. The maximum atomic E-state index is 12.8. The molecule has 0 amide bonds. The van der Waals surface area contributed by atoms with Crippen LogP contribution in [0, 0.1) is 11.7 Å². The highest BCUT2D eigenvalue weighted by atomic mass is 32.2. The quantitative estimate of drug-likeness (QED) is 0.771. The average molecular weight is 268 g/mol. The number of rotatable bonds is 7. The molecule has 100 valence electrons. The van der Waals surface area contributed by atoms with Gasteiger partial charge in [-0.15, -0.1) is 11.8 Å². The highest BCUT2D eigenvalue weighted by Gasteiger charge is 2.32. The molecule has 0 aliphatic heterocycles. The number of nitrogens with zero attached hydrogens (tertiary/aromatic N) is 1. The lowest BCUT2D eigenvalue weighted by Crippen LogP contribution is -2.40. The van der Waals surface area contributed by atoms with E-state index in [9.17, 15) is 4.39 Å². The molecule has 1 aromatic rings. The highest BCUT2D eigenvalue weighted by Crippen LogP contribution is 2.34. The van der Waals surface area contributed by atoms with E-state index in [1.54, 1.807) is 11.8 Å². The molecular weight excluding hydrogens is 247 g/mol. The second-order valence-electron chi connectivity index (χ2n) is 4.92. The molecular formula is C14H21FN2S. The number of benzene rings is 1. The van der Waals surface area contributed by atoms with E-state index in [1.807, 2.05) is 12.1 Å². The molecule has 0 saturated heterocycles. The highest BCUT2D eigenvalue weighted by molar-refractivity contribution is 7.99. The topological polar surface area (TPSA) is 29.3 Å². The van der Waals surface area contributed by atoms with Crippen molar-refractivity contribution in [3.63, 3.8) is 0 Å². The molecule has 1 aliphatic carbocycles. The van der Waals surface area contributed by atoms with Crippen LogP contribution in [-0.2, 0) is 0 Å². The maximum absolute atomic E-state index is 12.8. The van der Waals surface area contributed by atoms with Crippen LogP contribution in [0.4, 0.5) is 4.39 Å². The van der Waals surface area contributed by atoms with E-state index < -0.39 is 0 Å². The summed E-state index contributed by atoms with van der Waals surface area (Å²) in [5.41, 5.74) is 5.82. The molecule has 2 rings (SSSR count). The van der Waals surface area contributed by atoms with Crippen LogP contribution in [0.2, 0.25) is 0 Å². The molecule has 1 saturated carbocycles. The van der Waals surface area contributed by atoms with Gasteiger partial charge in [-0.3, -0.25) is 0 Å². The summed E-state index contributed by atoms with van der Waals surface area (Å²) >= 11 is 1.77. The van der Waals surface area contributed by atoms with Crippen molar-refractivity contribution in [1.29, 1.82) is 0 Å². The summed E-state index contributed by atoms with van der Waals surface area (Å²) in [7, 11) is 2.15. The SMILES string of the molecule is CN(CCSc1ccc(F)cc1)C(CN)C1CC1. The summed E-state index contributed by atoms with van der Waals surface area (Å²) in [6.07, 6.45) is 2.66. The van der Waals surface area contributed by atoms with Gasteiger partial charge in [0, 0.05) is 29.8 Å². The van der Waals surface area contributed by atoms with Gasteiger partial charge in [0.1, 0.15) is 5.82 Å². The fraction of sp³-hybridized carbons (Fsp3) is 0.571. The second-order valence-corrected chi connectivity index (χ2v) is 6.09. The first-order chi connectivity index (χ1) is 8.70. The molecule has 1 unspecified atom stereocenters. The minimum atomic E-state index is -0.173. The van der Waals surface area contributed by atoms with Gasteiger partial charge < -0.3 is 10.6 Å². The fourth-order valence-electron chi connectivity index (χ4n) is 2.22. The van der Waals surface area contributed by atoms with Crippen LogP contribution in [-0.4, -0.2) is 36.8 Å². The zero-order chi connectivity index (χ0) is 13.0. The number of hydrogen-bond donors (Lipinski definition) is 1. The monoisotopic (exact) mass is 268 g/mol. The first-order valence-electron chi connectivity index (χ1n) is 6.49. The number of halogens is 1. The molecule has 0 heterocycles. The van der Waals surface area contributed by atoms with Crippen molar-refractivity contribution in [3.05, 3.63) is 30.1 Å². The minimum Gasteiger partial charge on any atom is -0.329 e. The third kappa shape index (κ3) is 3.97. The average Bonchev–Trinajstić information content (AvgIpc) is 3.17. The molecule has 2 nitrogen and oxygen atoms in total. The van der Waals surface area contributed by atoms with Crippen LogP contribution in [0.3, 0.4) is 0 Å². The van der Waals surface area contributed by atoms with E-state index in [0.29, 0.717) is 6.04 Å². The van der Waals surface area contributed by atoms with Crippen molar-refractivity contribution < 1.29 is 4.39 Å². The van der Waals surface area contributed by atoms with Gasteiger partial charge in [0.15, 0.2) is 0 Å². The van der Waals surface area contributed by atoms with Gasteiger partial charge >= 0.3 is 0 Å². The van der Waals surface area contributed by atoms with Crippen molar-refractivity contribution in [2.75, 3.05) is 25.9 Å². The first kappa shape index (κ1) is 13.8. The Kier molecular flexibility index (Phi) is 5.03. The Morgan fingerprint density at radius 3 is 2.61 bits per heavy atom. The fourth-order valence-corrected chi connectivity index (χ4v) is 3.16. The zero-order valence-corrected chi connectivity index (χ0v) is 11.6. The Balaban J connectivity index is 1.72. The molecule has 0 bridgehead atoms. The van der Waals surface area contributed by atoms with Crippen molar-refractivity contribution in [3.8, 4) is 0 Å². The van der Waals surface area contributed by atoms with Gasteiger partial charge in [-0.05, 0) is 50.1 Å². The van der Waals surface area contributed by atoms with Crippen LogP contribution in [0.25, 0.3) is 0 Å². The summed E-state index contributed by atoms with van der Waals surface area (Å²) in [6, 6.07) is 7.24. The van der Waals surface area contributed by atoms with Gasteiger partial charge in [0.05, 0.1) is 0 Å². The van der Waals surface area contributed by atoms with Crippen molar-refractivity contribution in [1.82, 2.24) is 4.90 Å². The number of thioether (sulfide) groups is 1. The van der Waals surface area contributed by atoms with Crippen molar-refractivity contribution >= 4 is 11.8 Å². The van der Waals surface area contributed by atoms with Gasteiger partial charge in [0.2, 0.25) is 0 Å². The van der Waals surface area contributed by atoms with Crippen molar-refractivity contribution in [2.45, 2.75) is 23.8 Å². The summed E-state index contributed by atoms with van der Waals surface area (Å²) in [5, 5.41) is 0. The van der Waals surface area contributed by atoms with E-state index in [2.05, 4.69) is 11.9 Å². The van der Waals surface area contributed by atoms with Crippen LogP contribution < -0.4 is 5.73 Å². The Bertz CT molecular complexity index is 365. The molecule has 0 spiro atoms. The number of nitrogens with two attached hydrogens (primary N) is 1. The molecule has 1 aromatic carbocycles. The molecule has 2 N–H and O–H groups in total. The molecule has 4 heteroatoms. The van der Waals surface area contributed by atoms with Crippen LogP contribution in [0.5, 0.6) is 0 Å². The summed E-state index contributed by atoms with van der Waals surface area (Å²) < 4.78 is 12.8. The summed E-state index contributed by atoms with van der Waals surface area (Å²) in [6.45, 7) is 1.78. The van der Waals surface area contributed by atoms with Crippen LogP contribution in [0.15, 0.2) is 29.2 Å². The van der Waals surface area contributed by atoms with E-state index in [0.717, 1.165) is 29.7 Å². The number of hydrogen-bond acceptors (Lipinski definition) is 3. The Labute approximate surface area is 113 Å². The predicted molar refractivity (Wildman–Crippen MR) is 75.3 cm³/mol. The van der Waals surface area contributed by atoms with Gasteiger partial charge in [-0.25, -0.2) is 4.39 Å². The van der Waals surface area contributed by atoms with E-state index in [1.165, 1.54) is 25.0 Å². The number of likely N-dealkylation sites (N-methyl/N-ethyl adjacent to an activating group) is 1. The molecule has 1 aliphatic rings.